The van der Waals surface area contributed by atoms with Crippen LogP contribution in [-0.2, 0) is 14.3 Å². The number of rotatable bonds is 8. The summed E-state index contributed by atoms with van der Waals surface area (Å²) in [6.45, 7) is 0.615. The zero-order chi connectivity index (χ0) is 17.6. The fourth-order valence-electron chi connectivity index (χ4n) is 2.39. The molecule has 0 spiro atoms. The van der Waals surface area contributed by atoms with Crippen molar-refractivity contribution in [2.75, 3.05) is 27.9 Å². The molecule has 8 nitrogen and oxygen atoms in total. The number of benzene rings is 1. The summed E-state index contributed by atoms with van der Waals surface area (Å²) in [6, 6.07) is 4.65. The number of ketones is 1. The third-order valence-electron chi connectivity index (χ3n) is 3.48. The lowest BCUT2D eigenvalue weighted by molar-refractivity contribution is -0.484. The third kappa shape index (κ3) is 4.41. The summed E-state index contributed by atoms with van der Waals surface area (Å²) in [4.78, 5) is 34.2. The van der Waals surface area contributed by atoms with E-state index in [0.717, 1.165) is 7.11 Å². The van der Waals surface area contributed by atoms with Crippen molar-refractivity contribution in [3.8, 4) is 11.5 Å². The first-order chi connectivity index (χ1) is 10.8. The number of esters is 1. The Hall–Kier alpha value is -2.64. The van der Waals surface area contributed by atoms with Gasteiger partial charge in [-0.2, -0.15) is 0 Å². The van der Waals surface area contributed by atoms with Crippen LogP contribution in [0.1, 0.15) is 18.4 Å². The molecule has 1 rings (SSSR count). The Kier molecular flexibility index (Phi) is 6.49. The molecule has 0 bridgehead atoms. The Morgan fingerprint density at radius 1 is 1.17 bits per heavy atom. The van der Waals surface area contributed by atoms with Crippen LogP contribution in [0.15, 0.2) is 18.2 Å². The van der Waals surface area contributed by atoms with Gasteiger partial charge in [-0.15, -0.1) is 0 Å². The van der Waals surface area contributed by atoms with E-state index in [4.69, 9.17) is 9.47 Å². The molecule has 0 N–H and O–H groups in total. The zero-order valence-electron chi connectivity index (χ0n) is 13.4. The Balaban J connectivity index is 3.37. The second-order valence-electron chi connectivity index (χ2n) is 4.85. The third-order valence-corrected chi connectivity index (χ3v) is 3.48. The summed E-state index contributed by atoms with van der Waals surface area (Å²) in [5.74, 6) is -2.74. The molecule has 0 aromatic heterocycles. The number of carbonyl (C=O) groups is 2. The van der Waals surface area contributed by atoms with Crippen LogP contribution in [0.3, 0.4) is 0 Å². The Morgan fingerprint density at radius 3 is 2.22 bits per heavy atom. The van der Waals surface area contributed by atoms with Crippen molar-refractivity contribution < 1.29 is 28.7 Å². The van der Waals surface area contributed by atoms with Gasteiger partial charge < -0.3 is 14.2 Å². The van der Waals surface area contributed by atoms with E-state index in [2.05, 4.69) is 4.74 Å². The molecular weight excluding hydrogens is 306 g/mol. The highest BCUT2D eigenvalue weighted by Gasteiger charge is 2.38. The van der Waals surface area contributed by atoms with Crippen LogP contribution in [0.25, 0.3) is 0 Å². The molecule has 0 fully saturated rings. The average molecular weight is 325 g/mol. The van der Waals surface area contributed by atoms with Gasteiger partial charge in [-0.3, -0.25) is 19.7 Å². The standard InChI is InChI=1S/C15H19NO7/c1-9(17)14(15(18)23-4)11(8-16(19)20)10-5-6-12(21-2)13(7-10)22-3/h5-7,11,14H,8H2,1-4H3. The Morgan fingerprint density at radius 2 is 1.78 bits per heavy atom. The summed E-state index contributed by atoms with van der Waals surface area (Å²) >= 11 is 0. The molecule has 1 aromatic rings. The molecule has 0 saturated heterocycles. The van der Waals surface area contributed by atoms with Gasteiger partial charge in [0.2, 0.25) is 6.54 Å². The number of hydrogen-bond acceptors (Lipinski definition) is 7. The van der Waals surface area contributed by atoms with E-state index in [1.807, 2.05) is 0 Å². The van der Waals surface area contributed by atoms with E-state index in [1.54, 1.807) is 12.1 Å². The molecule has 0 amide bonds. The van der Waals surface area contributed by atoms with E-state index in [-0.39, 0.29) is 0 Å². The largest absolute Gasteiger partial charge is 0.493 e. The van der Waals surface area contributed by atoms with Gasteiger partial charge in [-0.05, 0) is 24.6 Å². The maximum atomic E-state index is 11.9. The second-order valence-corrected chi connectivity index (χ2v) is 4.85. The Labute approximate surface area is 133 Å². The van der Waals surface area contributed by atoms with Gasteiger partial charge in [-0.25, -0.2) is 0 Å². The number of nitrogens with zero attached hydrogens (tertiary/aromatic N) is 1. The summed E-state index contributed by atoms with van der Waals surface area (Å²) in [5.41, 5.74) is 0.421. The molecule has 0 heterocycles. The monoisotopic (exact) mass is 325 g/mol. The maximum Gasteiger partial charge on any atom is 0.317 e. The van der Waals surface area contributed by atoms with Crippen molar-refractivity contribution in [1.29, 1.82) is 0 Å². The SMILES string of the molecule is COC(=O)C(C(C)=O)C(C[N+](=O)[O-])c1ccc(OC)c(OC)c1. The number of ether oxygens (including phenoxy) is 3. The normalized spacial score (nSPS) is 12.9. The molecule has 23 heavy (non-hydrogen) atoms. The van der Waals surface area contributed by atoms with Gasteiger partial charge in [0, 0.05) is 4.92 Å². The molecule has 126 valence electrons. The van der Waals surface area contributed by atoms with Crippen LogP contribution in [0.5, 0.6) is 11.5 Å². The summed E-state index contributed by atoms with van der Waals surface area (Å²) in [5, 5.41) is 11.0. The fourth-order valence-corrected chi connectivity index (χ4v) is 2.39. The van der Waals surface area contributed by atoms with Crippen molar-refractivity contribution >= 4 is 11.8 Å². The molecule has 2 unspecified atom stereocenters. The van der Waals surface area contributed by atoms with E-state index in [9.17, 15) is 19.7 Å². The number of Topliss-reactive ketones (excluding diaryl/α,β-unsaturated/α-hetero) is 1. The molecular formula is C15H19NO7. The van der Waals surface area contributed by atoms with Gasteiger partial charge in [0.05, 0.1) is 27.2 Å². The smallest absolute Gasteiger partial charge is 0.317 e. The predicted molar refractivity (Wildman–Crippen MR) is 80.3 cm³/mol. The van der Waals surface area contributed by atoms with Crippen molar-refractivity contribution in [2.24, 2.45) is 5.92 Å². The van der Waals surface area contributed by atoms with E-state index >= 15 is 0 Å². The molecule has 8 heteroatoms. The topological polar surface area (TPSA) is 105 Å². The lowest BCUT2D eigenvalue weighted by Crippen LogP contribution is -2.33. The first-order valence-electron chi connectivity index (χ1n) is 6.77. The predicted octanol–water partition coefficient (Wildman–Crippen LogP) is 1.44. The van der Waals surface area contributed by atoms with Crippen LogP contribution in [0.2, 0.25) is 0 Å². The van der Waals surface area contributed by atoms with Crippen LogP contribution in [0, 0.1) is 16.0 Å². The lowest BCUT2D eigenvalue weighted by atomic mass is 9.83. The van der Waals surface area contributed by atoms with Crippen molar-refractivity contribution in [3.63, 3.8) is 0 Å². The van der Waals surface area contributed by atoms with Crippen molar-refractivity contribution in [3.05, 3.63) is 33.9 Å². The van der Waals surface area contributed by atoms with Crippen LogP contribution in [0.4, 0.5) is 0 Å². The van der Waals surface area contributed by atoms with Crippen LogP contribution < -0.4 is 9.47 Å². The minimum Gasteiger partial charge on any atom is -0.493 e. The average Bonchev–Trinajstić information content (AvgIpc) is 2.52. The number of hydrogen-bond donors (Lipinski definition) is 0. The van der Waals surface area contributed by atoms with Gasteiger partial charge in [0.1, 0.15) is 11.7 Å². The maximum absolute atomic E-state index is 11.9. The number of methoxy groups -OCH3 is 3. The van der Waals surface area contributed by atoms with Gasteiger partial charge in [0.25, 0.3) is 0 Å². The molecule has 1 aromatic carbocycles. The van der Waals surface area contributed by atoms with Gasteiger partial charge in [0.15, 0.2) is 11.5 Å². The molecule has 0 radical (unpaired) electrons. The molecule has 0 aliphatic rings. The van der Waals surface area contributed by atoms with Gasteiger partial charge >= 0.3 is 5.97 Å². The van der Waals surface area contributed by atoms with Crippen molar-refractivity contribution in [1.82, 2.24) is 0 Å². The van der Waals surface area contributed by atoms with Crippen LogP contribution >= 0.6 is 0 Å². The summed E-state index contributed by atoms with van der Waals surface area (Å²) < 4.78 is 14.9. The van der Waals surface area contributed by atoms with E-state index < -0.39 is 35.1 Å². The lowest BCUT2D eigenvalue weighted by Gasteiger charge is -2.21. The number of nitro groups is 1. The quantitative estimate of drug-likeness (QED) is 0.308. The Bertz CT molecular complexity index is 599. The molecule has 0 saturated carbocycles. The summed E-state index contributed by atoms with van der Waals surface area (Å²) in [7, 11) is 4.02. The first-order valence-corrected chi connectivity index (χ1v) is 6.77. The highest BCUT2D eigenvalue weighted by molar-refractivity contribution is 5.98. The van der Waals surface area contributed by atoms with E-state index in [1.165, 1.54) is 27.2 Å². The minimum absolute atomic E-state index is 0.352. The minimum atomic E-state index is -1.26. The molecule has 0 aliphatic carbocycles. The first kappa shape index (κ1) is 18.4. The van der Waals surface area contributed by atoms with Crippen LogP contribution in [-0.4, -0.2) is 44.6 Å². The fraction of sp³-hybridized carbons (Fsp3) is 0.467. The molecule has 2 atom stereocenters. The highest BCUT2D eigenvalue weighted by Crippen LogP contribution is 2.34. The highest BCUT2D eigenvalue weighted by atomic mass is 16.6. The molecule has 0 aliphatic heterocycles. The summed E-state index contributed by atoms with van der Waals surface area (Å²) in [6.07, 6.45) is 0. The number of carbonyl (C=O) groups excluding carboxylic acids is 2. The van der Waals surface area contributed by atoms with Gasteiger partial charge in [-0.1, -0.05) is 6.07 Å². The van der Waals surface area contributed by atoms with Crippen molar-refractivity contribution in [2.45, 2.75) is 12.8 Å². The second kappa shape index (κ2) is 8.11. The van der Waals surface area contributed by atoms with E-state index in [0.29, 0.717) is 17.1 Å². The zero-order valence-corrected chi connectivity index (χ0v) is 13.4.